The number of carbonyl (C=O) groups is 1. The van der Waals surface area contributed by atoms with Gasteiger partial charge >= 0.3 is 0 Å². The van der Waals surface area contributed by atoms with Crippen LogP contribution in [0, 0.1) is 5.41 Å². The van der Waals surface area contributed by atoms with Crippen LogP contribution in [-0.4, -0.2) is 16.3 Å². The van der Waals surface area contributed by atoms with E-state index in [4.69, 9.17) is 0 Å². The van der Waals surface area contributed by atoms with E-state index in [0.717, 1.165) is 48.8 Å². The number of carbonyl (C=O) groups excluding carboxylic acids is 1. The van der Waals surface area contributed by atoms with Gasteiger partial charge < -0.3 is 9.78 Å². The molecule has 1 aliphatic carbocycles. The minimum absolute atomic E-state index is 0.0149. The van der Waals surface area contributed by atoms with E-state index in [-0.39, 0.29) is 5.41 Å². The predicted octanol–water partition coefficient (Wildman–Crippen LogP) is 2.47. The molecule has 1 fully saturated rings. The number of benzene rings is 1. The Balaban J connectivity index is 1.77. The highest BCUT2D eigenvalue weighted by Gasteiger charge is 2.41. The lowest BCUT2D eigenvalue weighted by Crippen LogP contribution is -2.04. The maximum atomic E-state index is 10.9. The van der Waals surface area contributed by atoms with Crippen molar-refractivity contribution >= 4 is 17.3 Å². The highest BCUT2D eigenvalue weighted by molar-refractivity contribution is 5.74. The van der Waals surface area contributed by atoms with Gasteiger partial charge in [0.05, 0.1) is 11.0 Å². The number of nitrogens with one attached hydrogen (secondary N) is 1. The number of aryl methyl sites for hydroxylation is 1. The molecule has 1 aromatic carbocycles. The number of rotatable bonds is 4. The summed E-state index contributed by atoms with van der Waals surface area (Å²) in [5.41, 5.74) is 2.07. The van der Waals surface area contributed by atoms with Crippen molar-refractivity contribution in [2.45, 2.75) is 25.7 Å². The third kappa shape index (κ3) is 1.62. The summed E-state index contributed by atoms with van der Waals surface area (Å²) in [7, 11) is 0. The van der Waals surface area contributed by atoms with Crippen molar-refractivity contribution in [3.63, 3.8) is 0 Å². The molecule has 0 radical (unpaired) electrons. The Hall–Kier alpha value is -1.64. The Labute approximate surface area is 93.9 Å². The van der Waals surface area contributed by atoms with Gasteiger partial charge in [0.25, 0.3) is 0 Å². The van der Waals surface area contributed by atoms with Gasteiger partial charge in [-0.2, -0.15) is 0 Å². The Morgan fingerprint density at radius 3 is 2.88 bits per heavy atom. The van der Waals surface area contributed by atoms with Crippen molar-refractivity contribution in [3.8, 4) is 0 Å². The maximum absolute atomic E-state index is 10.9. The molecule has 3 rings (SSSR count). The lowest BCUT2D eigenvalue weighted by atomic mass is 10.0. The fraction of sp³-hybridized carbons (Fsp3) is 0.385. The molecule has 1 aromatic heterocycles. The largest absolute Gasteiger partial charge is 0.342 e. The van der Waals surface area contributed by atoms with Crippen LogP contribution in [0.2, 0.25) is 0 Å². The third-order valence-electron chi connectivity index (χ3n) is 3.44. The molecule has 3 nitrogen and oxygen atoms in total. The van der Waals surface area contributed by atoms with E-state index in [0.29, 0.717) is 0 Å². The van der Waals surface area contributed by atoms with Gasteiger partial charge in [-0.25, -0.2) is 4.98 Å². The highest BCUT2D eigenvalue weighted by atomic mass is 16.1. The van der Waals surface area contributed by atoms with Gasteiger partial charge in [0.1, 0.15) is 12.1 Å². The fourth-order valence-electron chi connectivity index (χ4n) is 2.08. The van der Waals surface area contributed by atoms with Crippen LogP contribution in [0.25, 0.3) is 11.0 Å². The molecule has 1 aliphatic rings. The van der Waals surface area contributed by atoms with E-state index in [1.54, 1.807) is 0 Å². The second-order valence-electron chi connectivity index (χ2n) is 4.68. The van der Waals surface area contributed by atoms with E-state index >= 15 is 0 Å². The minimum atomic E-state index is -0.0149. The number of aromatic nitrogens is 2. The molecule has 2 aromatic rings. The molecule has 0 saturated heterocycles. The second-order valence-corrected chi connectivity index (χ2v) is 4.68. The van der Waals surface area contributed by atoms with Crippen LogP contribution in [0.1, 0.15) is 25.1 Å². The summed E-state index contributed by atoms with van der Waals surface area (Å²) in [6, 6.07) is 8.01. The number of H-pyrrole nitrogens is 1. The van der Waals surface area contributed by atoms with Crippen LogP contribution >= 0.6 is 0 Å². The van der Waals surface area contributed by atoms with Crippen molar-refractivity contribution in [1.82, 2.24) is 9.97 Å². The smallest absolute Gasteiger partial charge is 0.126 e. The molecule has 1 heterocycles. The van der Waals surface area contributed by atoms with Gasteiger partial charge in [0, 0.05) is 11.8 Å². The summed E-state index contributed by atoms with van der Waals surface area (Å²) in [6.45, 7) is 0. The van der Waals surface area contributed by atoms with Crippen molar-refractivity contribution in [2.24, 2.45) is 5.41 Å². The number of aldehydes is 1. The maximum Gasteiger partial charge on any atom is 0.126 e. The number of hydrogen-bond acceptors (Lipinski definition) is 2. The number of nitrogens with zero attached hydrogens (tertiary/aromatic N) is 1. The fourth-order valence-corrected chi connectivity index (χ4v) is 2.08. The lowest BCUT2D eigenvalue weighted by molar-refractivity contribution is -0.112. The summed E-state index contributed by atoms with van der Waals surface area (Å²) < 4.78 is 0. The van der Waals surface area contributed by atoms with Crippen LogP contribution < -0.4 is 0 Å². The molecule has 82 valence electrons. The van der Waals surface area contributed by atoms with Gasteiger partial charge in [0.2, 0.25) is 0 Å². The van der Waals surface area contributed by atoms with E-state index in [9.17, 15) is 4.79 Å². The molecule has 0 bridgehead atoms. The molecule has 0 atom stereocenters. The Morgan fingerprint density at radius 2 is 2.19 bits per heavy atom. The average Bonchev–Trinajstić information content (AvgIpc) is 2.98. The van der Waals surface area contributed by atoms with Crippen molar-refractivity contribution in [2.75, 3.05) is 0 Å². The number of hydrogen-bond donors (Lipinski definition) is 1. The molecule has 0 aliphatic heterocycles. The quantitative estimate of drug-likeness (QED) is 0.795. The summed E-state index contributed by atoms with van der Waals surface area (Å²) >= 11 is 0. The third-order valence-corrected chi connectivity index (χ3v) is 3.44. The van der Waals surface area contributed by atoms with Gasteiger partial charge in [-0.15, -0.1) is 0 Å². The van der Waals surface area contributed by atoms with Gasteiger partial charge in [0.15, 0.2) is 0 Å². The van der Waals surface area contributed by atoms with Crippen LogP contribution in [0.5, 0.6) is 0 Å². The predicted molar refractivity (Wildman–Crippen MR) is 62.1 cm³/mol. The molecule has 16 heavy (non-hydrogen) atoms. The van der Waals surface area contributed by atoms with E-state index in [2.05, 4.69) is 9.97 Å². The molecule has 3 heteroatoms. The second kappa shape index (κ2) is 3.44. The van der Waals surface area contributed by atoms with Crippen LogP contribution in [0.4, 0.5) is 0 Å². The SMILES string of the molecule is O=CC1(CCc2nc3ccccc3[nH]2)CC1. The standard InChI is InChI=1S/C13H14N2O/c16-9-13(7-8-13)6-5-12-14-10-3-1-2-4-11(10)15-12/h1-4,9H,5-8H2,(H,14,15). The van der Waals surface area contributed by atoms with Crippen molar-refractivity contribution in [3.05, 3.63) is 30.1 Å². The number of para-hydroxylation sites is 2. The number of aromatic amines is 1. The normalized spacial score (nSPS) is 17.5. The average molecular weight is 214 g/mol. The highest BCUT2D eigenvalue weighted by Crippen LogP contribution is 2.47. The van der Waals surface area contributed by atoms with E-state index in [1.165, 1.54) is 0 Å². The van der Waals surface area contributed by atoms with Gasteiger partial charge in [-0.1, -0.05) is 12.1 Å². The Kier molecular flexibility index (Phi) is 2.06. The van der Waals surface area contributed by atoms with Crippen LogP contribution in [0.15, 0.2) is 24.3 Å². The number of imidazole rings is 1. The van der Waals surface area contributed by atoms with Crippen LogP contribution in [-0.2, 0) is 11.2 Å². The monoisotopic (exact) mass is 214 g/mol. The number of fused-ring (bicyclic) bond motifs is 1. The summed E-state index contributed by atoms with van der Waals surface area (Å²) in [5, 5.41) is 0. The van der Waals surface area contributed by atoms with E-state index < -0.39 is 0 Å². The van der Waals surface area contributed by atoms with Crippen LogP contribution in [0.3, 0.4) is 0 Å². The lowest BCUT2D eigenvalue weighted by Gasteiger charge is -2.03. The molecule has 0 amide bonds. The molecular weight excluding hydrogens is 200 g/mol. The first-order valence-corrected chi connectivity index (χ1v) is 5.71. The summed E-state index contributed by atoms with van der Waals surface area (Å²) in [4.78, 5) is 18.7. The first-order chi connectivity index (χ1) is 7.81. The van der Waals surface area contributed by atoms with Gasteiger partial charge in [-0.3, -0.25) is 0 Å². The first kappa shape index (κ1) is 9.58. The van der Waals surface area contributed by atoms with E-state index in [1.807, 2.05) is 24.3 Å². The zero-order chi connectivity index (χ0) is 11.0. The molecule has 1 N–H and O–H groups in total. The Bertz CT molecular complexity index is 492. The first-order valence-electron chi connectivity index (χ1n) is 5.71. The summed E-state index contributed by atoms with van der Waals surface area (Å²) in [6.07, 6.45) is 5.02. The summed E-state index contributed by atoms with van der Waals surface area (Å²) in [5.74, 6) is 0.995. The topological polar surface area (TPSA) is 45.8 Å². The van der Waals surface area contributed by atoms with Crippen molar-refractivity contribution in [1.29, 1.82) is 0 Å². The zero-order valence-corrected chi connectivity index (χ0v) is 9.07. The van der Waals surface area contributed by atoms with Crippen molar-refractivity contribution < 1.29 is 4.79 Å². The minimum Gasteiger partial charge on any atom is -0.342 e. The molecular formula is C13H14N2O. The molecule has 0 unspecified atom stereocenters. The Morgan fingerprint density at radius 1 is 1.38 bits per heavy atom. The molecule has 1 saturated carbocycles. The van der Waals surface area contributed by atoms with Gasteiger partial charge in [-0.05, 0) is 31.4 Å². The molecule has 0 spiro atoms. The zero-order valence-electron chi connectivity index (χ0n) is 9.07.